The zero-order chi connectivity index (χ0) is 21.6. The fraction of sp³-hybridized carbons (Fsp3) is 0.133. The molecule has 0 saturated carbocycles. The third-order valence-corrected chi connectivity index (χ3v) is 7.10. The molecule has 1 atom stereocenters. The molecule has 0 spiro atoms. The summed E-state index contributed by atoms with van der Waals surface area (Å²) < 4.78 is 40.2. The van der Waals surface area contributed by atoms with Crippen molar-refractivity contribution < 1.29 is 37.3 Å². The van der Waals surface area contributed by atoms with Crippen molar-refractivity contribution in [2.24, 2.45) is 5.73 Å². The monoisotopic (exact) mass is 749 g/mol. The molecule has 6 N–H and O–H groups in total. The normalized spacial score (nSPS) is 11.9. The van der Waals surface area contributed by atoms with Crippen LogP contribution in [-0.2, 0) is 21.6 Å². The van der Waals surface area contributed by atoms with Crippen molar-refractivity contribution in [1.82, 2.24) is 0 Å². The Labute approximate surface area is 201 Å². The smallest absolute Gasteiger partial charge is 0.394 e. The van der Waals surface area contributed by atoms with Crippen LogP contribution >= 0.6 is 67.8 Å². The van der Waals surface area contributed by atoms with Gasteiger partial charge in [0.05, 0.1) is 7.14 Å². The SMILES string of the molecule is NC(Cc1cc(I)c(Oc2ccc(O)cc2)c(I)c1I)C(=O)O.O=S(=O)(O)O. The standard InChI is InChI=1S/C15H12I3NO4.H2O4S/c16-10-5-7(6-11(19)15(21)22)12(17)13(18)14(10)23-9-3-1-8(20)2-4-9;1-5(2,3)4/h1-5,11,20H,6,19H2,(H,21,22);(H2,1,2,3,4). The van der Waals surface area contributed by atoms with Gasteiger partial charge in [0.15, 0.2) is 5.75 Å². The van der Waals surface area contributed by atoms with Crippen LogP contribution in [0.5, 0.6) is 17.2 Å². The summed E-state index contributed by atoms with van der Waals surface area (Å²) in [7, 11) is -4.67. The van der Waals surface area contributed by atoms with Gasteiger partial charge < -0.3 is 20.7 Å². The minimum absolute atomic E-state index is 0.175. The van der Waals surface area contributed by atoms with E-state index in [2.05, 4.69) is 67.8 Å². The topological polar surface area (TPSA) is 167 Å². The van der Waals surface area contributed by atoms with Crippen molar-refractivity contribution in [2.45, 2.75) is 12.5 Å². The van der Waals surface area contributed by atoms with Crippen molar-refractivity contribution in [3.63, 3.8) is 0 Å². The third-order valence-electron chi connectivity index (χ3n) is 3.01. The van der Waals surface area contributed by atoms with Gasteiger partial charge in [-0.3, -0.25) is 13.9 Å². The van der Waals surface area contributed by atoms with E-state index in [4.69, 9.17) is 33.1 Å². The lowest BCUT2D eigenvalue weighted by Gasteiger charge is -2.16. The van der Waals surface area contributed by atoms with Gasteiger partial charge in [-0.05, 0) is 110 Å². The highest BCUT2D eigenvalue weighted by Crippen LogP contribution is 2.37. The summed E-state index contributed by atoms with van der Waals surface area (Å²) >= 11 is 6.51. The number of nitrogens with two attached hydrogens (primary N) is 1. The molecule has 0 fully saturated rings. The largest absolute Gasteiger partial charge is 0.508 e. The Morgan fingerprint density at radius 2 is 1.61 bits per heavy atom. The Morgan fingerprint density at radius 3 is 2.07 bits per heavy atom. The highest BCUT2D eigenvalue weighted by atomic mass is 127. The van der Waals surface area contributed by atoms with E-state index in [-0.39, 0.29) is 12.2 Å². The highest BCUT2D eigenvalue weighted by molar-refractivity contribution is 14.1. The quantitative estimate of drug-likeness (QED) is 0.175. The number of aromatic hydroxyl groups is 1. The van der Waals surface area contributed by atoms with Gasteiger partial charge in [-0.1, -0.05) is 0 Å². The summed E-state index contributed by atoms with van der Waals surface area (Å²) in [6, 6.07) is 7.44. The summed E-state index contributed by atoms with van der Waals surface area (Å²) in [5.74, 6) is 0.475. The number of hydrogen-bond acceptors (Lipinski definition) is 6. The molecule has 0 aliphatic carbocycles. The van der Waals surface area contributed by atoms with Crippen LogP contribution in [0.1, 0.15) is 5.56 Å². The van der Waals surface area contributed by atoms with E-state index in [0.717, 1.165) is 16.3 Å². The first kappa shape index (κ1) is 25.6. The number of aliphatic carboxylic acids is 1. The summed E-state index contributed by atoms with van der Waals surface area (Å²) in [4.78, 5) is 10.9. The number of carbonyl (C=O) groups is 1. The molecule has 0 aliphatic rings. The fourth-order valence-corrected chi connectivity index (χ4v) is 4.47. The van der Waals surface area contributed by atoms with E-state index >= 15 is 0 Å². The van der Waals surface area contributed by atoms with Crippen molar-refractivity contribution in [3.05, 3.63) is 46.6 Å². The molecule has 2 aromatic rings. The first-order chi connectivity index (χ1) is 12.8. The molecule has 2 aromatic carbocycles. The van der Waals surface area contributed by atoms with Crippen LogP contribution in [0.15, 0.2) is 30.3 Å². The van der Waals surface area contributed by atoms with E-state index in [1.807, 2.05) is 6.07 Å². The van der Waals surface area contributed by atoms with Gasteiger partial charge >= 0.3 is 16.4 Å². The van der Waals surface area contributed by atoms with E-state index in [1.165, 1.54) is 0 Å². The number of carboxylic acids is 1. The molecular formula is C15H14I3NO8S. The van der Waals surface area contributed by atoms with E-state index in [9.17, 15) is 9.90 Å². The number of phenols is 1. The number of phenolic OH excluding ortho intramolecular Hbond substituents is 1. The first-order valence-electron chi connectivity index (χ1n) is 7.11. The van der Waals surface area contributed by atoms with E-state index < -0.39 is 22.4 Å². The van der Waals surface area contributed by atoms with Crippen molar-refractivity contribution in [3.8, 4) is 17.2 Å². The minimum atomic E-state index is -4.67. The molecule has 154 valence electrons. The Morgan fingerprint density at radius 1 is 1.11 bits per heavy atom. The molecule has 0 radical (unpaired) electrons. The molecular weight excluding hydrogens is 735 g/mol. The summed E-state index contributed by atoms with van der Waals surface area (Å²) in [5.41, 5.74) is 6.51. The Kier molecular flexibility index (Phi) is 10.1. The fourth-order valence-electron chi connectivity index (χ4n) is 1.83. The van der Waals surface area contributed by atoms with Gasteiger partial charge in [-0.25, -0.2) is 0 Å². The molecule has 2 rings (SSSR count). The number of benzene rings is 2. The highest BCUT2D eigenvalue weighted by Gasteiger charge is 2.19. The average Bonchev–Trinajstić information content (AvgIpc) is 2.56. The van der Waals surface area contributed by atoms with Crippen LogP contribution in [-0.4, -0.2) is 39.7 Å². The van der Waals surface area contributed by atoms with Crippen LogP contribution in [0.4, 0.5) is 0 Å². The Bertz CT molecular complexity index is 943. The lowest BCUT2D eigenvalue weighted by molar-refractivity contribution is -0.138. The predicted molar refractivity (Wildman–Crippen MR) is 126 cm³/mol. The maximum Gasteiger partial charge on any atom is 0.394 e. The number of carboxylic acid groups (broad SMARTS) is 1. The van der Waals surface area contributed by atoms with Gasteiger partial charge in [0.1, 0.15) is 17.5 Å². The van der Waals surface area contributed by atoms with Crippen LogP contribution < -0.4 is 10.5 Å². The molecule has 0 bridgehead atoms. The summed E-state index contributed by atoms with van der Waals surface area (Å²) in [6.07, 6.45) is 0.263. The van der Waals surface area contributed by atoms with Crippen LogP contribution in [0.3, 0.4) is 0 Å². The van der Waals surface area contributed by atoms with Crippen LogP contribution in [0.25, 0.3) is 0 Å². The molecule has 0 saturated heterocycles. The number of halogens is 3. The van der Waals surface area contributed by atoms with Crippen molar-refractivity contribution in [2.75, 3.05) is 0 Å². The molecule has 0 heterocycles. The van der Waals surface area contributed by atoms with Gasteiger partial charge in [0.2, 0.25) is 0 Å². The number of ether oxygens (including phenoxy) is 1. The molecule has 1 unspecified atom stereocenters. The molecule has 13 heteroatoms. The van der Waals surface area contributed by atoms with E-state index in [0.29, 0.717) is 11.5 Å². The lowest BCUT2D eigenvalue weighted by atomic mass is 10.1. The summed E-state index contributed by atoms with van der Waals surface area (Å²) in [5, 5.41) is 18.3. The minimum Gasteiger partial charge on any atom is -0.508 e. The maximum atomic E-state index is 10.9. The Balaban J connectivity index is 0.000000696. The molecule has 0 amide bonds. The van der Waals surface area contributed by atoms with Gasteiger partial charge in [-0.15, -0.1) is 0 Å². The Hall–Kier alpha value is -0.470. The second kappa shape index (κ2) is 11.1. The second-order valence-electron chi connectivity index (χ2n) is 5.17. The maximum absolute atomic E-state index is 10.9. The third kappa shape index (κ3) is 8.91. The van der Waals surface area contributed by atoms with Gasteiger partial charge in [-0.2, -0.15) is 8.42 Å². The summed E-state index contributed by atoms with van der Waals surface area (Å²) in [6.45, 7) is 0. The molecule has 0 aromatic heterocycles. The van der Waals surface area contributed by atoms with E-state index in [1.54, 1.807) is 24.3 Å². The second-order valence-corrected chi connectivity index (χ2v) is 9.38. The van der Waals surface area contributed by atoms with Gasteiger partial charge in [0.25, 0.3) is 0 Å². The van der Waals surface area contributed by atoms with Crippen molar-refractivity contribution >= 4 is 84.1 Å². The first-order valence-corrected chi connectivity index (χ1v) is 11.7. The zero-order valence-electron chi connectivity index (χ0n) is 13.7. The lowest BCUT2D eigenvalue weighted by Crippen LogP contribution is -2.32. The molecule has 9 nitrogen and oxygen atoms in total. The predicted octanol–water partition coefficient (Wildman–Crippen LogP) is 3.30. The molecule has 0 aliphatic heterocycles. The zero-order valence-corrected chi connectivity index (χ0v) is 21.0. The van der Waals surface area contributed by atoms with Crippen LogP contribution in [0, 0.1) is 10.7 Å². The number of hydrogen-bond donors (Lipinski definition) is 5. The number of rotatable bonds is 5. The van der Waals surface area contributed by atoms with Gasteiger partial charge in [0, 0.05) is 3.57 Å². The van der Waals surface area contributed by atoms with Crippen molar-refractivity contribution in [1.29, 1.82) is 0 Å². The molecule has 28 heavy (non-hydrogen) atoms. The van der Waals surface area contributed by atoms with Crippen LogP contribution in [0.2, 0.25) is 0 Å². The average molecular weight is 749 g/mol.